The highest BCUT2D eigenvalue weighted by atomic mass is 127. The van der Waals surface area contributed by atoms with Gasteiger partial charge >= 0.3 is 0 Å². The highest BCUT2D eigenvalue weighted by molar-refractivity contribution is 14.1. The van der Waals surface area contributed by atoms with Gasteiger partial charge in [-0.2, -0.15) is 5.10 Å². The predicted molar refractivity (Wildman–Crippen MR) is 144 cm³/mol. The molecule has 5 rings (SSSR count). The molecule has 2 heterocycles. The van der Waals surface area contributed by atoms with E-state index in [4.69, 9.17) is 5.73 Å². The van der Waals surface area contributed by atoms with Crippen molar-refractivity contribution in [2.24, 2.45) is 7.05 Å². The van der Waals surface area contributed by atoms with Crippen molar-refractivity contribution in [2.75, 3.05) is 27.5 Å². The number of halogens is 1. The summed E-state index contributed by atoms with van der Waals surface area (Å²) in [5, 5.41) is 18.3. The molecule has 0 spiro atoms. The number of nitrogens with zero attached hydrogens (tertiary/aromatic N) is 5. The van der Waals surface area contributed by atoms with Gasteiger partial charge in [0.1, 0.15) is 5.69 Å². The standard InChI is InChI=1S/C24H32IN7O2/c1-4-31-19-11-18(27-21-9-16(12-33)30(3)28-21)22(26)23(29(2)13-25)17(19)10-20(31)24(34)32(14-5-6-14)15-7-8-15/h9-11,14-15,33H,4-8,12-13,26H2,1-3H3,(H,27,28). The van der Waals surface area contributed by atoms with Crippen LogP contribution in [0.1, 0.15) is 48.8 Å². The molecule has 3 aromatic rings. The van der Waals surface area contributed by atoms with Crippen molar-refractivity contribution in [1.82, 2.24) is 19.2 Å². The van der Waals surface area contributed by atoms with Gasteiger partial charge in [0, 0.05) is 44.2 Å². The lowest BCUT2D eigenvalue weighted by atomic mass is 10.1. The van der Waals surface area contributed by atoms with E-state index >= 15 is 0 Å². The van der Waals surface area contributed by atoms with Crippen LogP contribution in [0.4, 0.5) is 22.9 Å². The fourth-order valence-electron chi connectivity index (χ4n) is 4.81. The number of nitrogen functional groups attached to an aromatic ring is 1. The van der Waals surface area contributed by atoms with Crippen LogP contribution in [-0.2, 0) is 20.2 Å². The van der Waals surface area contributed by atoms with Gasteiger partial charge in [-0.3, -0.25) is 9.48 Å². The molecule has 34 heavy (non-hydrogen) atoms. The Kier molecular flexibility index (Phi) is 6.13. The lowest BCUT2D eigenvalue weighted by molar-refractivity contribution is 0.0719. The van der Waals surface area contributed by atoms with Crippen LogP contribution in [-0.4, -0.2) is 53.9 Å². The summed E-state index contributed by atoms with van der Waals surface area (Å²) in [5.74, 6) is 0.747. The highest BCUT2D eigenvalue weighted by Crippen LogP contribution is 2.43. The average Bonchev–Trinajstić information content (AvgIpc) is 3.76. The number of carbonyl (C=O) groups is 1. The molecule has 0 aliphatic heterocycles. The summed E-state index contributed by atoms with van der Waals surface area (Å²) in [4.78, 5) is 18.0. The molecule has 182 valence electrons. The minimum Gasteiger partial charge on any atom is -0.395 e. The van der Waals surface area contributed by atoms with Gasteiger partial charge < -0.3 is 30.5 Å². The van der Waals surface area contributed by atoms with Crippen molar-refractivity contribution in [3.05, 3.63) is 29.6 Å². The second-order valence-electron chi connectivity index (χ2n) is 9.31. The van der Waals surface area contributed by atoms with Crippen LogP contribution in [0.25, 0.3) is 10.9 Å². The summed E-state index contributed by atoms with van der Waals surface area (Å²) in [6.45, 7) is 2.67. The molecule has 2 aliphatic carbocycles. The van der Waals surface area contributed by atoms with E-state index in [1.165, 1.54) is 0 Å². The van der Waals surface area contributed by atoms with Crippen LogP contribution in [0.3, 0.4) is 0 Å². The van der Waals surface area contributed by atoms with E-state index in [0.29, 0.717) is 35.8 Å². The Morgan fingerprint density at radius 3 is 2.47 bits per heavy atom. The first-order chi connectivity index (χ1) is 16.4. The molecule has 0 atom stereocenters. The topological polar surface area (TPSA) is 105 Å². The number of fused-ring (bicyclic) bond motifs is 1. The zero-order valence-corrected chi connectivity index (χ0v) is 22.0. The number of hydrogen-bond donors (Lipinski definition) is 3. The Bertz CT molecular complexity index is 1230. The number of alkyl halides is 1. The normalized spacial score (nSPS) is 15.7. The Morgan fingerprint density at radius 1 is 1.26 bits per heavy atom. The number of aliphatic hydroxyl groups excluding tert-OH is 1. The number of nitrogens with one attached hydrogen (secondary N) is 1. The molecule has 0 bridgehead atoms. The molecule has 9 nitrogen and oxygen atoms in total. The smallest absolute Gasteiger partial charge is 0.271 e. The Morgan fingerprint density at radius 2 is 1.94 bits per heavy atom. The molecular formula is C24H32IN7O2. The fourth-order valence-corrected chi connectivity index (χ4v) is 5.15. The van der Waals surface area contributed by atoms with E-state index < -0.39 is 0 Å². The molecule has 0 saturated heterocycles. The third kappa shape index (κ3) is 4.00. The number of rotatable bonds is 9. The van der Waals surface area contributed by atoms with Crippen LogP contribution in [0.15, 0.2) is 18.2 Å². The molecule has 0 radical (unpaired) electrons. The van der Waals surface area contributed by atoms with E-state index in [1.807, 2.05) is 25.2 Å². The summed E-state index contributed by atoms with van der Waals surface area (Å²) in [6, 6.07) is 6.64. The number of amides is 1. The highest BCUT2D eigenvalue weighted by Gasteiger charge is 2.43. The zero-order valence-electron chi connectivity index (χ0n) is 19.9. The number of aromatic nitrogens is 3. The van der Waals surface area contributed by atoms with Crippen molar-refractivity contribution in [3.8, 4) is 0 Å². The molecule has 1 aromatic carbocycles. The first-order valence-corrected chi connectivity index (χ1v) is 13.4. The Balaban J connectivity index is 1.64. The Labute approximate surface area is 213 Å². The maximum Gasteiger partial charge on any atom is 0.271 e. The number of anilines is 4. The van der Waals surface area contributed by atoms with Crippen LogP contribution < -0.4 is 16.0 Å². The molecule has 2 aliphatic rings. The first-order valence-electron chi connectivity index (χ1n) is 11.8. The van der Waals surface area contributed by atoms with Gasteiger partial charge in [-0.05, 0) is 44.7 Å². The molecule has 2 aromatic heterocycles. The lowest BCUT2D eigenvalue weighted by Gasteiger charge is -2.23. The van der Waals surface area contributed by atoms with E-state index in [-0.39, 0.29) is 12.5 Å². The third-order valence-electron chi connectivity index (χ3n) is 6.83. The maximum absolute atomic E-state index is 13.7. The second-order valence-corrected chi connectivity index (χ2v) is 10.00. The fraction of sp³-hybridized carbons (Fsp3) is 0.500. The SMILES string of the molecule is CCn1c(C(=O)N(C2CC2)C2CC2)cc2c(N(C)CI)c(N)c(Nc3cc(CO)n(C)n3)cc21. The van der Waals surface area contributed by atoms with Gasteiger partial charge in [0.2, 0.25) is 0 Å². The van der Waals surface area contributed by atoms with Crippen LogP contribution in [0.2, 0.25) is 0 Å². The van der Waals surface area contributed by atoms with Crippen molar-refractivity contribution >= 4 is 62.3 Å². The van der Waals surface area contributed by atoms with Crippen LogP contribution in [0.5, 0.6) is 0 Å². The van der Waals surface area contributed by atoms with Gasteiger partial charge in [-0.25, -0.2) is 0 Å². The molecular weight excluding hydrogens is 545 g/mol. The molecule has 10 heteroatoms. The lowest BCUT2D eigenvalue weighted by Crippen LogP contribution is -2.36. The van der Waals surface area contributed by atoms with Gasteiger partial charge in [0.15, 0.2) is 5.82 Å². The third-order valence-corrected chi connectivity index (χ3v) is 7.86. The monoisotopic (exact) mass is 577 g/mol. The summed E-state index contributed by atoms with van der Waals surface area (Å²) >= 11 is 2.32. The van der Waals surface area contributed by atoms with Crippen LogP contribution in [0, 0.1) is 0 Å². The second kappa shape index (κ2) is 8.95. The minimum atomic E-state index is -0.0921. The van der Waals surface area contributed by atoms with Gasteiger partial charge in [0.05, 0.1) is 39.4 Å². The number of hydrogen-bond acceptors (Lipinski definition) is 6. The molecule has 2 fully saturated rings. The number of aryl methyl sites for hydroxylation is 2. The quantitative estimate of drug-likeness (QED) is 0.155. The van der Waals surface area contributed by atoms with Gasteiger partial charge in [-0.1, -0.05) is 22.6 Å². The van der Waals surface area contributed by atoms with Gasteiger partial charge in [-0.15, -0.1) is 0 Å². The molecule has 2 saturated carbocycles. The molecule has 1 amide bonds. The van der Waals surface area contributed by atoms with Crippen molar-refractivity contribution in [1.29, 1.82) is 0 Å². The van der Waals surface area contributed by atoms with Gasteiger partial charge in [0.25, 0.3) is 5.91 Å². The number of aliphatic hydroxyl groups is 1. The maximum atomic E-state index is 13.7. The van der Waals surface area contributed by atoms with E-state index in [2.05, 4.69) is 54.3 Å². The molecule has 4 N–H and O–H groups in total. The van der Waals surface area contributed by atoms with E-state index in [9.17, 15) is 9.90 Å². The van der Waals surface area contributed by atoms with Crippen LogP contribution >= 0.6 is 22.6 Å². The minimum absolute atomic E-state index is 0.0921. The number of carbonyl (C=O) groups excluding carboxylic acids is 1. The van der Waals surface area contributed by atoms with Crippen molar-refractivity contribution < 1.29 is 9.90 Å². The summed E-state index contributed by atoms with van der Waals surface area (Å²) < 4.78 is 4.50. The summed E-state index contributed by atoms with van der Waals surface area (Å²) in [5.41, 5.74) is 11.4. The largest absolute Gasteiger partial charge is 0.395 e. The van der Waals surface area contributed by atoms with E-state index in [1.54, 1.807) is 11.7 Å². The van der Waals surface area contributed by atoms with E-state index in [0.717, 1.165) is 58.2 Å². The summed E-state index contributed by atoms with van der Waals surface area (Å²) in [7, 11) is 3.81. The summed E-state index contributed by atoms with van der Waals surface area (Å²) in [6.07, 6.45) is 4.44. The average molecular weight is 577 g/mol. The molecule has 0 unspecified atom stereocenters. The number of benzene rings is 1. The predicted octanol–water partition coefficient (Wildman–Crippen LogP) is 3.81. The zero-order chi connectivity index (χ0) is 24.1. The Hall–Kier alpha value is -2.47. The van der Waals surface area contributed by atoms with Crippen molar-refractivity contribution in [3.63, 3.8) is 0 Å². The first kappa shape index (κ1) is 23.3. The number of nitrogens with two attached hydrogens (primary N) is 1. The van der Waals surface area contributed by atoms with Crippen molar-refractivity contribution in [2.45, 2.75) is 57.8 Å².